The molecule has 1 aliphatic heterocycles. The maximum absolute atomic E-state index is 13.4. The summed E-state index contributed by atoms with van der Waals surface area (Å²) in [7, 11) is 0. The van der Waals surface area contributed by atoms with E-state index < -0.39 is 0 Å². The van der Waals surface area contributed by atoms with Crippen molar-refractivity contribution >= 4 is 34.3 Å². The van der Waals surface area contributed by atoms with Crippen molar-refractivity contribution in [1.29, 1.82) is 0 Å². The Balaban J connectivity index is 1.45. The summed E-state index contributed by atoms with van der Waals surface area (Å²) in [6.07, 6.45) is 0. The van der Waals surface area contributed by atoms with Gasteiger partial charge in [-0.2, -0.15) is 0 Å². The van der Waals surface area contributed by atoms with Gasteiger partial charge in [-0.15, -0.1) is 0 Å². The lowest BCUT2D eigenvalue weighted by atomic mass is 10.1. The predicted octanol–water partition coefficient (Wildman–Crippen LogP) is 4.46. The number of thioether (sulfide) groups is 1. The summed E-state index contributed by atoms with van der Waals surface area (Å²) < 4.78 is 12.3. The standard InChI is InChI=1S/C25H21N3O4S/c1-15-7-9-20(16(2)11-15)28-24(30)18-5-3-4-6-19(18)27-25(28)33-13-23(29)26-17-8-10-21-22(12-17)32-14-31-21/h3-12H,13-14H2,1-2H3,(H,26,29). The van der Waals surface area contributed by atoms with Crippen LogP contribution < -0.4 is 20.3 Å². The number of para-hydroxylation sites is 1. The number of aryl methyl sites for hydroxylation is 2. The molecule has 3 aromatic carbocycles. The van der Waals surface area contributed by atoms with E-state index in [0.29, 0.717) is 33.2 Å². The van der Waals surface area contributed by atoms with Crippen molar-refractivity contribution in [3.63, 3.8) is 0 Å². The first-order valence-electron chi connectivity index (χ1n) is 10.4. The molecular weight excluding hydrogens is 438 g/mol. The molecule has 2 heterocycles. The molecule has 8 heteroatoms. The Bertz CT molecular complexity index is 1450. The number of hydrogen-bond donors (Lipinski definition) is 1. The van der Waals surface area contributed by atoms with E-state index in [4.69, 9.17) is 14.5 Å². The normalized spacial score (nSPS) is 12.2. The lowest BCUT2D eigenvalue weighted by Crippen LogP contribution is -2.23. The Hall–Kier alpha value is -3.78. The van der Waals surface area contributed by atoms with Gasteiger partial charge < -0.3 is 14.8 Å². The molecule has 0 fully saturated rings. The van der Waals surface area contributed by atoms with E-state index in [1.807, 2.05) is 44.2 Å². The quantitative estimate of drug-likeness (QED) is 0.350. The van der Waals surface area contributed by atoms with E-state index >= 15 is 0 Å². The Morgan fingerprint density at radius 1 is 1.06 bits per heavy atom. The van der Waals surface area contributed by atoms with Crippen molar-refractivity contribution in [3.05, 3.63) is 82.1 Å². The fourth-order valence-corrected chi connectivity index (χ4v) is 4.58. The fraction of sp³-hybridized carbons (Fsp3) is 0.160. The summed E-state index contributed by atoms with van der Waals surface area (Å²) in [6.45, 7) is 4.14. The van der Waals surface area contributed by atoms with Gasteiger partial charge in [-0.05, 0) is 49.7 Å². The van der Waals surface area contributed by atoms with Crippen LogP contribution in [0.25, 0.3) is 16.6 Å². The largest absolute Gasteiger partial charge is 0.454 e. The Kier molecular flexibility index (Phi) is 5.51. The number of carbonyl (C=O) groups is 1. The van der Waals surface area contributed by atoms with Crippen LogP contribution in [0.1, 0.15) is 11.1 Å². The number of rotatable bonds is 5. The van der Waals surface area contributed by atoms with Crippen LogP contribution in [0.15, 0.2) is 70.6 Å². The maximum Gasteiger partial charge on any atom is 0.266 e. The average Bonchev–Trinajstić information content (AvgIpc) is 3.27. The molecule has 1 amide bonds. The number of amides is 1. The second-order valence-corrected chi connectivity index (χ2v) is 8.69. The van der Waals surface area contributed by atoms with Crippen molar-refractivity contribution in [2.45, 2.75) is 19.0 Å². The van der Waals surface area contributed by atoms with Crippen LogP contribution >= 0.6 is 11.8 Å². The molecule has 0 spiro atoms. The minimum absolute atomic E-state index is 0.0874. The van der Waals surface area contributed by atoms with E-state index in [2.05, 4.69) is 5.32 Å². The Morgan fingerprint density at radius 3 is 2.73 bits per heavy atom. The van der Waals surface area contributed by atoms with E-state index in [1.54, 1.807) is 34.9 Å². The van der Waals surface area contributed by atoms with Crippen molar-refractivity contribution < 1.29 is 14.3 Å². The highest BCUT2D eigenvalue weighted by Gasteiger charge is 2.17. The van der Waals surface area contributed by atoms with Gasteiger partial charge in [0, 0.05) is 11.8 Å². The smallest absolute Gasteiger partial charge is 0.266 e. The zero-order chi connectivity index (χ0) is 22.9. The number of benzene rings is 3. The van der Waals surface area contributed by atoms with Crippen molar-refractivity contribution in [1.82, 2.24) is 9.55 Å². The predicted molar refractivity (Wildman–Crippen MR) is 129 cm³/mol. The van der Waals surface area contributed by atoms with E-state index in [1.165, 1.54) is 11.8 Å². The van der Waals surface area contributed by atoms with Crippen LogP contribution in [0, 0.1) is 13.8 Å². The van der Waals surface area contributed by atoms with E-state index in [0.717, 1.165) is 16.8 Å². The molecule has 1 aromatic heterocycles. The summed E-state index contributed by atoms with van der Waals surface area (Å²) in [5.74, 6) is 1.12. The molecule has 5 rings (SSSR count). The number of anilines is 1. The van der Waals surface area contributed by atoms with Gasteiger partial charge in [0.1, 0.15) is 0 Å². The lowest BCUT2D eigenvalue weighted by molar-refractivity contribution is -0.113. The fourth-order valence-electron chi connectivity index (χ4n) is 3.78. The Labute approximate surface area is 194 Å². The molecule has 0 bridgehead atoms. The molecule has 1 aliphatic rings. The highest BCUT2D eigenvalue weighted by molar-refractivity contribution is 7.99. The third-order valence-electron chi connectivity index (χ3n) is 5.33. The molecule has 0 saturated carbocycles. The van der Waals surface area contributed by atoms with Gasteiger partial charge in [-0.1, -0.05) is 41.6 Å². The van der Waals surface area contributed by atoms with Crippen LogP contribution in [0.3, 0.4) is 0 Å². The number of nitrogens with one attached hydrogen (secondary N) is 1. The average molecular weight is 460 g/mol. The molecule has 7 nitrogen and oxygen atoms in total. The number of carbonyl (C=O) groups excluding carboxylic acids is 1. The van der Waals surface area contributed by atoms with Crippen LogP contribution in [0.5, 0.6) is 11.5 Å². The summed E-state index contributed by atoms with van der Waals surface area (Å²) in [4.78, 5) is 30.8. The summed E-state index contributed by atoms with van der Waals surface area (Å²) in [5, 5.41) is 3.86. The monoisotopic (exact) mass is 459 g/mol. The molecule has 0 radical (unpaired) electrons. The highest BCUT2D eigenvalue weighted by Crippen LogP contribution is 2.34. The van der Waals surface area contributed by atoms with Gasteiger partial charge in [0.25, 0.3) is 5.56 Å². The van der Waals surface area contributed by atoms with Crippen LogP contribution in [-0.2, 0) is 4.79 Å². The molecule has 166 valence electrons. The number of aromatic nitrogens is 2. The first-order chi connectivity index (χ1) is 16.0. The molecular formula is C25H21N3O4S. The first kappa shape index (κ1) is 21.1. The lowest BCUT2D eigenvalue weighted by Gasteiger charge is -2.15. The van der Waals surface area contributed by atoms with Crippen LogP contribution in [0.4, 0.5) is 5.69 Å². The van der Waals surface area contributed by atoms with Gasteiger partial charge in [0.15, 0.2) is 16.7 Å². The van der Waals surface area contributed by atoms with Gasteiger partial charge in [-0.25, -0.2) is 4.98 Å². The van der Waals surface area contributed by atoms with Gasteiger partial charge in [0.2, 0.25) is 12.7 Å². The van der Waals surface area contributed by atoms with Gasteiger partial charge in [0.05, 0.1) is 22.3 Å². The summed E-state index contributed by atoms with van der Waals surface area (Å²) in [6, 6.07) is 18.4. The van der Waals surface area contributed by atoms with Crippen molar-refractivity contribution in [3.8, 4) is 17.2 Å². The summed E-state index contributed by atoms with van der Waals surface area (Å²) in [5.41, 5.74) is 3.87. The zero-order valence-electron chi connectivity index (χ0n) is 18.1. The Morgan fingerprint density at radius 2 is 1.88 bits per heavy atom. The van der Waals surface area contributed by atoms with E-state index in [-0.39, 0.29) is 24.0 Å². The second-order valence-electron chi connectivity index (χ2n) is 7.75. The molecule has 4 aromatic rings. The van der Waals surface area contributed by atoms with Crippen molar-refractivity contribution in [2.24, 2.45) is 0 Å². The third kappa shape index (κ3) is 4.17. The minimum Gasteiger partial charge on any atom is -0.454 e. The van der Waals surface area contributed by atoms with E-state index in [9.17, 15) is 9.59 Å². The SMILES string of the molecule is Cc1ccc(-n2c(SCC(=O)Nc3ccc4c(c3)OCO4)nc3ccccc3c2=O)c(C)c1. The second kappa shape index (κ2) is 8.63. The molecule has 0 atom stereocenters. The topological polar surface area (TPSA) is 82.5 Å². The zero-order valence-corrected chi connectivity index (χ0v) is 18.9. The van der Waals surface area contributed by atoms with Gasteiger partial charge >= 0.3 is 0 Å². The molecule has 1 N–H and O–H groups in total. The molecule has 0 unspecified atom stereocenters. The molecule has 0 aliphatic carbocycles. The van der Waals surface area contributed by atoms with Crippen molar-refractivity contribution in [2.75, 3.05) is 17.9 Å². The highest BCUT2D eigenvalue weighted by atomic mass is 32.2. The van der Waals surface area contributed by atoms with Gasteiger partial charge in [-0.3, -0.25) is 14.2 Å². The summed E-state index contributed by atoms with van der Waals surface area (Å²) >= 11 is 1.22. The number of ether oxygens (including phenoxy) is 2. The minimum atomic E-state index is -0.214. The third-order valence-corrected chi connectivity index (χ3v) is 6.27. The maximum atomic E-state index is 13.4. The molecule has 0 saturated heterocycles. The molecule has 33 heavy (non-hydrogen) atoms. The van der Waals surface area contributed by atoms with Crippen LogP contribution in [0.2, 0.25) is 0 Å². The number of hydrogen-bond acceptors (Lipinski definition) is 6. The number of fused-ring (bicyclic) bond motifs is 2. The first-order valence-corrected chi connectivity index (χ1v) is 11.4. The van der Waals surface area contributed by atoms with Crippen LogP contribution in [-0.4, -0.2) is 28.0 Å². The number of nitrogens with zero attached hydrogens (tertiary/aromatic N) is 2.